The highest BCUT2D eigenvalue weighted by Crippen LogP contribution is 2.32. The fraction of sp³-hybridized carbons (Fsp3) is 0.348. The summed E-state index contributed by atoms with van der Waals surface area (Å²) >= 11 is 0. The summed E-state index contributed by atoms with van der Waals surface area (Å²) in [7, 11) is 3.50. The minimum atomic E-state index is 0.0138. The lowest BCUT2D eigenvalue weighted by atomic mass is 9.95. The number of hydrogen-bond donors (Lipinski definition) is 1. The van der Waals surface area contributed by atoms with Crippen molar-refractivity contribution in [2.75, 3.05) is 13.7 Å². The van der Waals surface area contributed by atoms with Crippen molar-refractivity contribution in [1.82, 2.24) is 9.88 Å². The molecule has 1 N–H and O–H groups in total. The Labute approximate surface area is 160 Å². The van der Waals surface area contributed by atoms with Gasteiger partial charge in [-0.3, -0.25) is 4.79 Å². The fourth-order valence-electron chi connectivity index (χ4n) is 3.36. The Bertz CT molecular complexity index is 999. The summed E-state index contributed by atoms with van der Waals surface area (Å²) in [6.45, 7) is 8.08. The average Bonchev–Trinajstić information content (AvgIpc) is 2.65. The maximum atomic E-state index is 13.0. The molecule has 1 aromatic heterocycles. The molecule has 0 atom stereocenters. The van der Waals surface area contributed by atoms with Crippen molar-refractivity contribution < 1.29 is 4.74 Å². The van der Waals surface area contributed by atoms with Gasteiger partial charge in [0.2, 0.25) is 0 Å². The summed E-state index contributed by atoms with van der Waals surface area (Å²) < 4.78 is 7.20. The van der Waals surface area contributed by atoms with Gasteiger partial charge in [-0.2, -0.15) is 0 Å². The van der Waals surface area contributed by atoms with E-state index in [4.69, 9.17) is 4.74 Å². The molecule has 4 nitrogen and oxygen atoms in total. The molecule has 0 spiro atoms. The van der Waals surface area contributed by atoms with Gasteiger partial charge in [0.25, 0.3) is 5.56 Å². The third-order valence-electron chi connectivity index (χ3n) is 4.73. The number of rotatable bonds is 5. The van der Waals surface area contributed by atoms with E-state index in [0.717, 1.165) is 34.5 Å². The second kappa shape index (κ2) is 7.57. The quantitative estimate of drug-likeness (QED) is 0.732. The molecule has 0 radical (unpaired) electrons. The Balaban J connectivity index is 2.25. The largest absolute Gasteiger partial charge is 0.497 e. The first-order valence-corrected chi connectivity index (χ1v) is 9.27. The molecule has 0 fully saturated rings. The Morgan fingerprint density at radius 2 is 1.74 bits per heavy atom. The number of nitrogens with zero attached hydrogens (tertiary/aromatic N) is 1. The second-order valence-corrected chi connectivity index (χ2v) is 8.13. The summed E-state index contributed by atoms with van der Waals surface area (Å²) in [5.74, 6) is 0.751. The van der Waals surface area contributed by atoms with Gasteiger partial charge in [0.05, 0.1) is 7.11 Å². The first-order valence-electron chi connectivity index (χ1n) is 9.27. The third kappa shape index (κ3) is 4.06. The SMILES string of the molecule is COc1ccc2c(=O)n(C)c(CNCC(C)(C)C)c(-c3ccccc3)c2c1. The van der Waals surface area contributed by atoms with Gasteiger partial charge in [0, 0.05) is 42.2 Å². The lowest BCUT2D eigenvalue weighted by Crippen LogP contribution is -2.30. The van der Waals surface area contributed by atoms with Crippen molar-refractivity contribution >= 4 is 10.8 Å². The number of pyridine rings is 1. The van der Waals surface area contributed by atoms with Gasteiger partial charge in [-0.1, -0.05) is 51.1 Å². The molecule has 3 aromatic rings. The molecule has 4 heteroatoms. The number of benzene rings is 2. The summed E-state index contributed by atoms with van der Waals surface area (Å²) in [6, 6.07) is 15.9. The van der Waals surface area contributed by atoms with E-state index < -0.39 is 0 Å². The van der Waals surface area contributed by atoms with Crippen LogP contribution in [0.4, 0.5) is 0 Å². The van der Waals surface area contributed by atoms with Crippen LogP contribution in [-0.4, -0.2) is 18.2 Å². The molecule has 0 aliphatic rings. The number of methoxy groups -OCH3 is 1. The zero-order chi connectivity index (χ0) is 19.6. The number of ether oxygens (including phenoxy) is 1. The third-order valence-corrected chi connectivity index (χ3v) is 4.73. The summed E-state index contributed by atoms with van der Waals surface area (Å²) in [6.07, 6.45) is 0. The van der Waals surface area contributed by atoms with E-state index in [1.54, 1.807) is 11.7 Å². The Hall–Kier alpha value is -2.59. The molecule has 0 amide bonds. The van der Waals surface area contributed by atoms with E-state index in [2.05, 4.69) is 38.2 Å². The molecule has 2 aromatic carbocycles. The molecule has 0 aliphatic carbocycles. The molecule has 0 saturated heterocycles. The molecular weight excluding hydrogens is 336 g/mol. The molecule has 0 bridgehead atoms. The van der Waals surface area contributed by atoms with Crippen molar-refractivity contribution in [3.8, 4) is 16.9 Å². The van der Waals surface area contributed by atoms with Crippen LogP contribution in [0.25, 0.3) is 21.9 Å². The maximum Gasteiger partial charge on any atom is 0.258 e. The van der Waals surface area contributed by atoms with Crippen LogP contribution >= 0.6 is 0 Å². The molecule has 0 saturated carbocycles. The van der Waals surface area contributed by atoms with Crippen molar-refractivity contribution in [3.63, 3.8) is 0 Å². The number of nitrogens with one attached hydrogen (secondary N) is 1. The second-order valence-electron chi connectivity index (χ2n) is 8.13. The van der Waals surface area contributed by atoms with Gasteiger partial charge in [-0.05, 0) is 29.2 Å². The highest BCUT2D eigenvalue weighted by atomic mass is 16.5. The lowest BCUT2D eigenvalue weighted by molar-refractivity contribution is 0.377. The van der Waals surface area contributed by atoms with Gasteiger partial charge >= 0.3 is 0 Å². The lowest BCUT2D eigenvalue weighted by Gasteiger charge is -2.22. The van der Waals surface area contributed by atoms with Crippen LogP contribution in [0.1, 0.15) is 26.5 Å². The number of aromatic nitrogens is 1. The van der Waals surface area contributed by atoms with Crippen LogP contribution in [0.3, 0.4) is 0 Å². The van der Waals surface area contributed by atoms with Crippen molar-refractivity contribution in [2.24, 2.45) is 12.5 Å². The Morgan fingerprint density at radius 1 is 1.04 bits per heavy atom. The highest BCUT2D eigenvalue weighted by Gasteiger charge is 2.18. The van der Waals surface area contributed by atoms with Gasteiger partial charge in [0.1, 0.15) is 5.75 Å². The van der Waals surface area contributed by atoms with Gasteiger partial charge < -0.3 is 14.6 Å². The van der Waals surface area contributed by atoms with Crippen molar-refractivity contribution in [2.45, 2.75) is 27.3 Å². The predicted molar refractivity (Wildman–Crippen MR) is 112 cm³/mol. The zero-order valence-corrected chi connectivity index (χ0v) is 16.8. The number of hydrogen-bond acceptors (Lipinski definition) is 3. The van der Waals surface area contributed by atoms with E-state index in [0.29, 0.717) is 11.9 Å². The van der Waals surface area contributed by atoms with Crippen LogP contribution in [0, 0.1) is 5.41 Å². The van der Waals surface area contributed by atoms with Crippen LogP contribution in [0.5, 0.6) is 5.75 Å². The van der Waals surface area contributed by atoms with Gasteiger partial charge in [-0.25, -0.2) is 0 Å². The molecular formula is C23H28N2O2. The van der Waals surface area contributed by atoms with Crippen LogP contribution in [0.2, 0.25) is 0 Å². The zero-order valence-electron chi connectivity index (χ0n) is 16.8. The Kier molecular flexibility index (Phi) is 5.38. The number of fused-ring (bicyclic) bond motifs is 1. The van der Waals surface area contributed by atoms with E-state index in [1.807, 2.05) is 43.4 Å². The molecule has 0 aliphatic heterocycles. The smallest absolute Gasteiger partial charge is 0.258 e. The topological polar surface area (TPSA) is 43.3 Å². The molecule has 0 unspecified atom stereocenters. The summed E-state index contributed by atoms with van der Waals surface area (Å²) in [4.78, 5) is 13.0. The predicted octanol–water partition coefficient (Wildman–Crippen LogP) is 4.35. The molecule has 27 heavy (non-hydrogen) atoms. The van der Waals surface area contributed by atoms with Crippen LogP contribution < -0.4 is 15.6 Å². The first kappa shape index (κ1) is 19.2. The van der Waals surface area contributed by atoms with Crippen molar-refractivity contribution in [3.05, 3.63) is 64.6 Å². The van der Waals surface area contributed by atoms with E-state index in [1.165, 1.54) is 0 Å². The van der Waals surface area contributed by atoms with Crippen molar-refractivity contribution in [1.29, 1.82) is 0 Å². The van der Waals surface area contributed by atoms with Crippen LogP contribution in [-0.2, 0) is 13.6 Å². The first-order chi connectivity index (χ1) is 12.8. The normalized spacial score (nSPS) is 11.7. The van der Waals surface area contributed by atoms with Gasteiger partial charge in [-0.15, -0.1) is 0 Å². The van der Waals surface area contributed by atoms with E-state index in [-0.39, 0.29) is 11.0 Å². The molecule has 3 rings (SSSR count). The minimum Gasteiger partial charge on any atom is -0.497 e. The molecule has 1 heterocycles. The summed E-state index contributed by atoms with van der Waals surface area (Å²) in [5, 5.41) is 5.15. The monoisotopic (exact) mass is 364 g/mol. The average molecular weight is 364 g/mol. The summed E-state index contributed by atoms with van der Waals surface area (Å²) in [5.41, 5.74) is 3.34. The highest BCUT2D eigenvalue weighted by molar-refractivity contribution is 5.98. The van der Waals surface area contributed by atoms with E-state index >= 15 is 0 Å². The van der Waals surface area contributed by atoms with Gasteiger partial charge in [0.15, 0.2) is 0 Å². The maximum absolute atomic E-state index is 13.0. The van der Waals surface area contributed by atoms with Crippen LogP contribution in [0.15, 0.2) is 53.3 Å². The minimum absolute atomic E-state index is 0.0138. The molecule has 142 valence electrons. The Morgan fingerprint density at radius 3 is 2.37 bits per heavy atom. The van der Waals surface area contributed by atoms with E-state index in [9.17, 15) is 4.79 Å². The standard InChI is InChI=1S/C23H28N2O2/c1-23(2,3)15-24-14-20-21(16-9-7-6-8-10-16)19-13-17(27-5)11-12-18(19)22(26)25(20)4/h6-13,24H,14-15H2,1-5H3. The fourth-order valence-corrected chi connectivity index (χ4v) is 3.36.